The summed E-state index contributed by atoms with van der Waals surface area (Å²) in [5, 5.41) is 7.31. The van der Waals surface area contributed by atoms with E-state index >= 15 is 0 Å². The van der Waals surface area contributed by atoms with Gasteiger partial charge in [-0.25, -0.2) is 0 Å². The molecule has 1 heterocycles. The number of nitrogens with zero attached hydrogens (tertiary/aromatic N) is 1. The van der Waals surface area contributed by atoms with Crippen molar-refractivity contribution in [2.75, 3.05) is 0 Å². The summed E-state index contributed by atoms with van der Waals surface area (Å²) >= 11 is 0. The van der Waals surface area contributed by atoms with Crippen LogP contribution < -0.4 is 0 Å². The SMILES string of the molecule is CCc1cn[nH]c1-c1ccccc1-c1ccccc1. The maximum absolute atomic E-state index is 4.18. The van der Waals surface area contributed by atoms with Crippen LogP contribution in [0.3, 0.4) is 0 Å². The Morgan fingerprint density at radius 2 is 1.58 bits per heavy atom. The Morgan fingerprint density at radius 3 is 2.32 bits per heavy atom. The lowest BCUT2D eigenvalue weighted by Gasteiger charge is -2.09. The number of aromatic nitrogens is 2. The van der Waals surface area contributed by atoms with Crippen LogP contribution in [0.1, 0.15) is 12.5 Å². The predicted octanol–water partition coefficient (Wildman–Crippen LogP) is 4.31. The van der Waals surface area contributed by atoms with Gasteiger partial charge < -0.3 is 0 Å². The lowest BCUT2D eigenvalue weighted by molar-refractivity contribution is 1.10. The minimum absolute atomic E-state index is 0.981. The van der Waals surface area contributed by atoms with E-state index in [1.54, 1.807) is 0 Å². The summed E-state index contributed by atoms with van der Waals surface area (Å²) in [5.41, 5.74) is 6.06. The van der Waals surface area contributed by atoms with E-state index in [2.05, 4.69) is 65.7 Å². The molecule has 0 bridgehead atoms. The van der Waals surface area contributed by atoms with Gasteiger partial charge >= 0.3 is 0 Å². The third kappa shape index (κ3) is 2.17. The standard InChI is InChI=1S/C17H16N2/c1-2-13-12-18-19-17(13)16-11-7-6-10-15(16)14-8-4-3-5-9-14/h3-12H,2H2,1H3,(H,18,19). The van der Waals surface area contributed by atoms with Crippen LogP contribution in [0.5, 0.6) is 0 Å². The lowest BCUT2D eigenvalue weighted by Crippen LogP contribution is -1.88. The van der Waals surface area contributed by atoms with Crippen molar-refractivity contribution in [1.82, 2.24) is 10.2 Å². The molecule has 0 aliphatic carbocycles. The van der Waals surface area contributed by atoms with Gasteiger partial charge in [-0.15, -0.1) is 0 Å². The fraction of sp³-hybridized carbons (Fsp3) is 0.118. The third-order valence-electron chi connectivity index (χ3n) is 3.38. The number of benzene rings is 2. The average Bonchev–Trinajstić information content (AvgIpc) is 2.96. The van der Waals surface area contributed by atoms with Crippen LogP contribution in [0.25, 0.3) is 22.4 Å². The van der Waals surface area contributed by atoms with E-state index in [1.807, 2.05) is 12.3 Å². The molecule has 2 nitrogen and oxygen atoms in total. The second-order valence-corrected chi connectivity index (χ2v) is 4.54. The van der Waals surface area contributed by atoms with E-state index in [0.29, 0.717) is 0 Å². The first-order chi connectivity index (χ1) is 9.40. The first-order valence-corrected chi connectivity index (χ1v) is 6.57. The van der Waals surface area contributed by atoms with Gasteiger partial charge in [0, 0.05) is 5.56 Å². The molecule has 0 atom stereocenters. The molecule has 1 N–H and O–H groups in total. The first-order valence-electron chi connectivity index (χ1n) is 6.57. The molecule has 1 aromatic heterocycles. The monoisotopic (exact) mass is 248 g/mol. The summed E-state index contributed by atoms with van der Waals surface area (Å²) < 4.78 is 0. The Morgan fingerprint density at radius 1 is 0.895 bits per heavy atom. The predicted molar refractivity (Wildman–Crippen MR) is 78.8 cm³/mol. The minimum atomic E-state index is 0.981. The zero-order chi connectivity index (χ0) is 13.1. The van der Waals surface area contributed by atoms with Crippen molar-refractivity contribution in [3.8, 4) is 22.4 Å². The van der Waals surface area contributed by atoms with Gasteiger partial charge in [0.15, 0.2) is 0 Å². The zero-order valence-corrected chi connectivity index (χ0v) is 10.9. The molecule has 3 rings (SSSR count). The highest BCUT2D eigenvalue weighted by atomic mass is 15.1. The Bertz CT molecular complexity index is 668. The molecular weight excluding hydrogens is 232 g/mol. The molecule has 0 saturated heterocycles. The van der Waals surface area contributed by atoms with Crippen molar-refractivity contribution in [2.24, 2.45) is 0 Å². The normalized spacial score (nSPS) is 10.6. The van der Waals surface area contributed by atoms with Crippen molar-refractivity contribution in [3.05, 3.63) is 66.4 Å². The van der Waals surface area contributed by atoms with Gasteiger partial charge in [0.05, 0.1) is 11.9 Å². The summed E-state index contributed by atoms with van der Waals surface area (Å²) in [7, 11) is 0. The second kappa shape index (κ2) is 5.11. The zero-order valence-electron chi connectivity index (χ0n) is 10.9. The summed E-state index contributed by atoms with van der Waals surface area (Å²) in [4.78, 5) is 0. The molecule has 0 saturated carbocycles. The minimum Gasteiger partial charge on any atom is -0.278 e. The van der Waals surface area contributed by atoms with Gasteiger partial charge in [-0.3, -0.25) is 5.10 Å². The molecule has 0 radical (unpaired) electrons. The van der Waals surface area contributed by atoms with Crippen molar-refractivity contribution in [1.29, 1.82) is 0 Å². The molecule has 0 fully saturated rings. The van der Waals surface area contributed by atoms with E-state index in [4.69, 9.17) is 0 Å². The number of H-pyrrole nitrogens is 1. The number of nitrogens with one attached hydrogen (secondary N) is 1. The van der Waals surface area contributed by atoms with E-state index in [1.165, 1.54) is 22.3 Å². The summed E-state index contributed by atoms with van der Waals surface area (Å²) in [6.45, 7) is 2.15. The lowest BCUT2D eigenvalue weighted by atomic mass is 9.96. The van der Waals surface area contributed by atoms with Crippen LogP contribution in [0.4, 0.5) is 0 Å². The molecule has 0 spiro atoms. The first kappa shape index (κ1) is 11.7. The molecule has 19 heavy (non-hydrogen) atoms. The van der Waals surface area contributed by atoms with Crippen LogP contribution in [-0.2, 0) is 6.42 Å². The highest BCUT2D eigenvalue weighted by molar-refractivity contribution is 5.82. The second-order valence-electron chi connectivity index (χ2n) is 4.54. The van der Waals surface area contributed by atoms with Gasteiger partial charge in [-0.2, -0.15) is 5.10 Å². The van der Waals surface area contributed by atoms with Crippen molar-refractivity contribution >= 4 is 0 Å². The number of aryl methyl sites for hydroxylation is 1. The molecule has 94 valence electrons. The molecule has 2 aromatic carbocycles. The van der Waals surface area contributed by atoms with Gasteiger partial charge in [0.2, 0.25) is 0 Å². The van der Waals surface area contributed by atoms with Gasteiger partial charge in [-0.1, -0.05) is 61.5 Å². The molecule has 0 aliphatic rings. The van der Waals surface area contributed by atoms with E-state index in [-0.39, 0.29) is 0 Å². The van der Waals surface area contributed by atoms with Gasteiger partial charge in [0.1, 0.15) is 0 Å². The van der Waals surface area contributed by atoms with Crippen LogP contribution in [0.15, 0.2) is 60.8 Å². The Hall–Kier alpha value is -2.35. The maximum Gasteiger partial charge on any atom is 0.0688 e. The number of rotatable bonds is 3. The Kier molecular flexibility index (Phi) is 3.15. The van der Waals surface area contributed by atoms with Crippen LogP contribution in [0.2, 0.25) is 0 Å². The average molecular weight is 248 g/mol. The quantitative estimate of drug-likeness (QED) is 0.735. The van der Waals surface area contributed by atoms with Gasteiger partial charge in [-0.05, 0) is 23.1 Å². The summed E-state index contributed by atoms with van der Waals surface area (Å²) in [6, 6.07) is 18.9. The van der Waals surface area contributed by atoms with E-state index in [0.717, 1.165) is 12.1 Å². The molecule has 2 heteroatoms. The molecular formula is C17H16N2. The molecule has 0 unspecified atom stereocenters. The van der Waals surface area contributed by atoms with Crippen molar-refractivity contribution < 1.29 is 0 Å². The molecule has 0 amide bonds. The smallest absolute Gasteiger partial charge is 0.0688 e. The summed E-state index contributed by atoms with van der Waals surface area (Å²) in [5.74, 6) is 0. The highest BCUT2D eigenvalue weighted by Gasteiger charge is 2.11. The summed E-state index contributed by atoms with van der Waals surface area (Å²) in [6.07, 6.45) is 2.89. The maximum atomic E-state index is 4.18. The number of hydrogen-bond donors (Lipinski definition) is 1. The number of hydrogen-bond acceptors (Lipinski definition) is 1. The van der Waals surface area contributed by atoms with E-state index in [9.17, 15) is 0 Å². The van der Waals surface area contributed by atoms with Crippen molar-refractivity contribution in [2.45, 2.75) is 13.3 Å². The van der Waals surface area contributed by atoms with Crippen molar-refractivity contribution in [3.63, 3.8) is 0 Å². The topological polar surface area (TPSA) is 28.7 Å². The van der Waals surface area contributed by atoms with Crippen LogP contribution in [0, 0.1) is 0 Å². The van der Waals surface area contributed by atoms with Crippen LogP contribution in [-0.4, -0.2) is 10.2 Å². The highest BCUT2D eigenvalue weighted by Crippen LogP contribution is 2.32. The Labute approximate surface area is 113 Å². The largest absolute Gasteiger partial charge is 0.278 e. The van der Waals surface area contributed by atoms with Gasteiger partial charge in [0.25, 0.3) is 0 Å². The fourth-order valence-corrected chi connectivity index (χ4v) is 2.38. The third-order valence-corrected chi connectivity index (χ3v) is 3.38. The Balaban J connectivity index is 2.18. The van der Waals surface area contributed by atoms with E-state index < -0.39 is 0 Å². The molecule has 0 aliphatic heterocycles. The fourth-order valence-electron chi connectivity index (χ4n) is 2.38. The molecule has 3 aromatic rings. The van der Waals surface area contributed by atoms with Crippen LogP contribution >= 0.6 is 0 Å². The number of aromatic amines is 1.